The van der Waals surface area contributed by atoms with E-state index in [0.29, 0.717) is 0 Å². The van der Waals surface area contributed by atoms with Gasteiger partial charge in [0.05, 0.1) is 5.92 Å². The molecule has 4 rings (SSSR count). The number of aliphatic carboxylic acids is 1. The number of carboxylic acids is 1. The first kappa shape index (κ1) is 24.3. The Morgan fingerprint density at radius 1 is 1.06 bits per heavy atom. The van der Waals surface area contributed by atoms with E-state index >= 15 is 0 Å². The van der Waals surface area contributed by atoms with Crippen LogP contribution in [0.25, 0.3) is 11.1 Å². The summed E-state index contributed by atoms with van der Waals surface area (Å²) < 4.78 is 5.52. The molecule has 1 fully saturated rings. The van der Waals surface area contributed by atoms with Crippen molar-refractivity contribution >= 4 is 23.9 Å². The number of carbonyl (C=O) groups is 4. The van der Waals surface area contributed by atoms with Crippen molar-refractivity contribution in [2.45, 2.75) is 25.8 Å². The molecule has 3 unspecified atom stereocenters. The fraction of sp³-hybridized carbons (Fsp3) is 0.385. The zero-order valence-electron chi connectivity index (χ0n) is 19.6. The summed E-state index contributed by atoms with van der Waals surface area (Å²) in [5, 5.41) is 16.9. The van der Waals surface area contributed by atoms with Crippen LogP contribution in [-0.4, -0.2) is 54.7 Å². The highest BCUT2D eigenvalue weighted by atomic mass is 16.5. The molecule has 9 heteroatoms. The summed E-state index contributed by atoms with van der Waals surface area (Å²) >= 11 is 0. The minimum absolute atomic E-state index is 0.00769. The molecule has 2 aromatic carbocycles. The summed E-state index contributed by atoms with van der Waals surface area (Å²) in [6, 6.07) is 14.9. The highest BCUT2D eigenvalue weighted by Gasteiger charge is 2.41. The van der Waals surface area contributed by atoms with Crippen LogP contribution in [-0.2, 0) is 19.1 Å². The molecule has 2 aliphatic rings. The molecular formula is C26H29N3O6. The largest absolute Gasteiger partial charge is 0.481 e. The molecule has 4 N–H and O–H groups in total. The number of fused-ring (bicyclic) bond motifs is 3. The van der Waals surface area contributed by atoms with Crippen LogP contribution < -0.4 is 16.0 Å². The highest BCUT2D eigenvalue weighted by Crippen LogP contribution is 2.44. The quantitative estimate of drug-likeness (QED) is 0.458. The van der Waals surface area contributed by atoms with Gasteiger partial charge in [-0.2, -0.15) is 0 Å². The molecule has 0 spiro atoms. The van der Waals surface area contributed by atoms with Gasteiger partial charge in [0.2, 0.25) is 11.8 Å². The molecule has 3 atom stereocenters. The number of benzene rings is 2. The minimum Gasteiger partial charge on any atom is -0.481 e. The Bertz CT molecular complexity index is 1100. The number of nitrogens with one attached hydrogen (secondary N) is 3. The fourth-order valence-electron chi connectivity index (χ4n) is 4.75. The van der Waals surface area contributed by atoms with Gasteiger partial charge < -0.3 is 25.8 Å². The zero-order valence-corrected chi connectivity index (χ0v) is 19.6. The van der Waals surface area contributed by atoms with Crippen LogP contribution >= 0.6 is 0 Å². The fourth-order valence-corrected chi connectivity index (χ4v) is 4.75. The van der Waals surface area contributed by atoms with Gasteiger partial charge in [0.15, 0.2) is 0 Å². The van der Waals surface area contributed by atoms with Crippen LogP contribution in [0.2, 0.25) is 0 Å². The average Bonchev–Trinajstić information content (AvgIpc) is 3.35. The maximum atomic E-state index is 12.8. The summed E-state index contributed by atoms with van der Waals surface area (Å²) in [5.74, 6) is -4.13. The van der Waals surface area contributed by atoms with Gasteiger partial charge in [0, 0.05) is 19.0 Å². The molecule has 3 amide bonds. The molecule has 0 radical (unpaired) electrons. The Labute approximate surface area is 203 Å². The van der Waals surface area contributed by atoms with Crippen LogP contribution in [0.1, 0.15) is 30.9 Å². The summed E-state index contributed by atoms with van der Waals surface area (Å²) in [7, 11) is 0. The normalized spacial score (nSPS) is 19.5. The van der Waals surface area contributed by atoms with Crippen LogP contribution in [0.4, 0.5) is 4.79 Å². The average molecular weight is 480 g/mol. The lowest BCUT2D eigenvalue weighted by atomic mass is 9.93. The lowest BCUT2D eigenvalue weighted by molar-refractivity contribution is -0.143. The van der Waals surface area contributed by atoms with E-state index in [1.54, 1.807) is 0 Å². The first-order chi connectivity index (χ1) is 16.8. The lowest BCUT2D eigenvalue weighted by Crippen LogP contribution is -2.50. The predicted octanol–water partition coefficient (Wildman–Crippen LogP) is 2.11. The highest BCUT2D eigenvalue weighted by molar-refractivity contribution is 5.95. The van der Waals surface area contributed by atoms with E-state index in [1.807, 2.05) is 50.2 Å². The first-order valence-corrected chi connectivity index (χ1v) is 11.7. The van der Waals surface area contributed by atoms with Gasteiger partial charge in [-0.05, 0) is 28.2 Å². The smallest absolute Gasteiger partial charge is 0.407 e. The first-order valence-electron chi connectivity index (χ1n) is 11.7. The van der Waals surface area contributed by atoms with Crippen molar-refractivity contribution in [3.63, 3.8) is 0 Å². The second-order valence-corrected chi connectivity index (χ2v) is 9.23. The van der Waals surface area contributed by atoms with E-state index in [9.17, 15) is 24.3 Å². The Balaban J connectivity index is 1.34. The molecule has 9 nitrogen and oxygen atoms in total. The van der Waals surface area contributed by atoms with Crippen molar-refractivity contribution in [2.75, 3.05) is 19.7 Å². The Hall–Kier alpha value is -3.88. The van der Waals surface area contributed by atoms with Crippen molar-refractivity contribution in [1.29, 1.82) is 0 Å². The third-order valence-electron chi connectivity index (χ3n) is 6.75. The predicted molar refractivity (Wildman–Crippen MR) is 127 cm³/mol. The Morgan fingerprint density at radius 2 is 1.66 bits per heavy atom. The summed E-state index contributed by atoms with van der Waals surface area (Å²) in [4.78, 5) is 48.7. The zero-order chi connectivity index (χ0) is 25.1. The summed E-state index contributed by atoms with van der Waals surface area (Å²) in [6.07, 6.45) is -0.646. The van der Waals surface area contributed by atoms with Gasteiger partial charge in [0.25, 0.3) is 0 Å². The van der Waals surface area contributed by atoms with Crippen molar-refractivity contribution in [3.8, 4) is 11.1 Å². The number of carboxylic acid groups (broad SMARTS) is 1. The number of hydrogen-bond acceptors (Lipinski definition) is 5. The number of alkyl carbamates (subject to hydrolysis) is 1. The SMILES string of the molecule is CC(C)C(CNC(=O)OCC1c2ccccc2-c2ccccc21)C(=O)NC1C(=O)NCC1C(=O)O. The van der Waals surface area contributed by atoms with Crippen molar-refractivity contribution in [3.05, 3.63) is 59.7 Å². The molecule has 1 aliphatic carbocycles. The topological polar surface area (TPSA) is 134 Å². The standard InChI is InChI=1S/C26H29N3O6/c1-14(2)19(23(30)29-22-20(25(32)33)12-27-24(22)31)11-28-26(34)35-13-21-17-9-5-3-7-15(17)16-8-4-6-10-18(16)21/h3-10,14,19-22H,11-13H2,1-2H3,(H,27,31)(H,28,34)(H,29,30)(H,32,33). The Morgan fingerprint density at radius 3 is 2.23 bits per heavy atom. The van der Waals surface area contributed by atoms with Gasteiger partial charge in [-0.1, -0.05) is 62.4 Å². The van der Waals surface area contributed by atoms with Crippen molar-refractivity contribution in [1.82, 2.24) is 16.0 Å². The number of rotatable bonds is 8. The second kappa shape index (κ2) is 10.2. The van der Waals surface area contributed by atoms with Gasteiger partial charge in [-0.3, -0.25) is 14.4 Å². The van der Waals surface area contributed by atoms with Crippen LogP contribution in [0.5, 0.6) is 0 Å². The van der Waals surface area contributed by atoms with Crippen LogP contribution in [0, 0.1) is 17.8 Å². The molecule has 1 saturated heterocycles. The minimum atomic E-state index is -1.16. The van der Waals surface area contributed by atoms with E-state index in [4.69, 9.17) is 4.74 Å². The lowest BCUT2D eigenvalue weighted by Gasteiger charge is -2.23. The van der Waals surface area contributed by atoms with E-state index in [0.717, 1.165) is 22.3 Å². The molecule has 1 aliphatic heterocycles. The van der Waals surface area contributed by atoms with E-state index in [2.05, 4.69) is 28.1 Å². The molecule has 35 heavy (non-hydrogen) atoms. The molecule has 0 saturated carbocycles. The number of hydrogen-bond donors (Lipinski definition) is 4. The van der Waals surface area contributed by atoms with E-state index in [-0.39, 0.29) is 31.5 Å². The van der Waals surface area contributed by atoms with Gasteiger partial charge >= 0.3 is 12.1 Å². The maximum absolute atomic E-state index is 12.8. The molecule has 184 valence electrons. The molecule has 0 aromatic heterocycles. The third-order valence-corrected chi connectivity index (χ3v) is 6.75. The molecule has 1 heterocycles. The summed E-state index contributed by atoms with van der Waals surface area (Å²) in [5.41, 5.74) is 4.46. The third kappa shape index (κ3) is 4.99. The molecule has 2 aromatic rings. The monoisotopic (exact) mass is 479 g/mol. The number of ether oxygens (including phenoxy) is 1. The van der Waals surface area contributed by atoms with Gasteiger partial charge in [-0.25, -0.2) is 4.79 Å². The second-order valence-electron chi connectivity index (χ2n) is 9.23. The van der Waals surface area contributed by atoms with Crippen LogP contribution in [0.3, 0.4) is 0 Å². The maximum Gasteiger partial charge on any atom is 0.407 e. The van der Waals surface area contributed by atoms with Gasteiger partial charge in [0.1, 0.15) is 18.6 Å². The number of amides is 3. The number of carbonyl (C=O) groups excluding carboxylic acids is 3. The molecule has 0 bridgehead atoms. The van der Waals surface area contributed by atoms with Crippen molar-refractivity contribution in [2.24, 2.45) is 17.8 Å². The van der Waals surface area contributed by atoms with Gasteiger partial charge in [-0.15, -0.1) is 0 Å². The molecular weight excluding hydrogens is 450 g/mol. The van der Waals surface area contributed by atoms with Crippen molar-refractivity contribution < 1.29 is 29.0 Å². The van der Waals surface area contributed by atoms with E-state index < -0.39 is 41.8 Å². The summed E-state index contributed by atoms with van der Waals surface area (Å²) in [6.45, 7) is 3.73. The van der Waals surface area contributed by atoms with Crippen LogP contribution in [0.15, 0.2) is 48.5 Å². The Kier molecular flexibility index (Phi) is 7.04. The van der Waals surface area contributed by atoms with E-state index in [1.165, 1.54) is 0 Å².